The molecule has 6 aromatic rings. The number of amides is 1. The lowest BCUT2D eigenvalue weighted by atomic mass is 10.0. The van der Waals surface area contributed by atoms with Crippen LogP contribution in [0.1, 0.15) is 53.1 Å². The Morgan fingerprint density at radius 2 is 1.77 bits per heavy atom. The summed E-state index contributed by atoms with van der Waals surface area (Å²) in [5.41, 5.74) is -2.97. The first-order valence-corrected chi connectivity index (χ1v) is 19.2. The second kappa shape index (κ2) is 13.2. The Hall–Kier alpha value is -5.21. The zero-order chi connectivity index (χ0) is 40.2. The molecule has 2 aromatic carbocycles. The number of anilines is 1. The molecule has 0 radical (unpaired) electrons. The quantitative estimate of drug-likeness (QED) is 0.124. The van der Waals surface area contributed by atoms with Crippen LogP contribution in [0.4, 0.5) is 32.2 Å². The number of hydrogen-bond acceptors (Lipinski definition) is 8. The predicted molar refractivity (Wildman–Crippen MR) is 191 cm³/mol. The number of carbonyl (C=O) groups excluding carboxylic acids is 1. The fourth-order valence-corrected chi connectivity index (χ4v) is 8.32. The van der Waals surface area contributed by atoms with Crippen LogP contribution in [0.25, 0.3) is 27.6 Å². The molecule has 8 rings (SSSR count). The maximum Gasteiger partial charge on any atom is 0.293 e. The minimum atomic E-state index is -3.90. The van der Waals surface area contributed by atoms with Gasteiger partial charge in [0.25, 0.3) is 17.9 Å². The third-order valence-electron chi connectivity index (χ3n) is 9.63. The number of aryl methyl sites for hydroxylation is 1. The number of nitrogens with one attached hydrogen (secondary N) is 2. The normalized spacial score (nSPS) is 17.7. The van der Waals surface area contributed by atoms with E-state index in [4.69, 9.17) is 23.2 Å². The first kappa shape index (κ1) is 37.7. The number of rotatable bonds is 10. The van der Waals surface area contributed by atoms with Gasteiger partial charge < -0.3 is 5.32 Å². The van der Waals surface area contributed by atoms with Crippen molar-refractivity contribution in [1.82, 2.24) is 39.4 Å². The number of aromatic nitrogens is 7. The van der Waals surface area contributed by atoms with E-state index >= 15 is 8.78 Å². The summed E-state index contributed by atoms with van der Waals surface area (Å²) in [5, 5.41) is 10.4. The fraction of sp³-hybridized carbons (Fsp3) is 0.294. The van der Waals surface area contributed by atoms with Gasteiger partial charge in [0.15, 0.2) is 11.5 Å². The van der Waals surface area contributed by atoms with Crippen molar-refractivity contribution in [3.8, 4) is 5.69 Å². The summed E-state index contributed by atoms with van der Waals surface area (Å²) in [4.78, 5) is 37.2. The number of hydrogen-bond donors (Lipinski definition) is 2. The molecular formula is C34H25Cl2F6N9O4S. The Labute approximate surface area is 321 Å². The van der Waals surface area contributed by atoms with Gasteiger partial charge in [-0.05, 0) is 54.3 Å². The molecule has 1 unspecified atom stereocenters. The zero-order valence-corrected chi connectivity index (χ0v) is 31.0. The first-order chi connectivity index (χ1) is 26.3. The minimum absolute atomic E-state index is 0.00641. The highest BCUT2D eigenvalue weighted by Crippen LogP contribution is 2.68. The number of sulfonamides is 1. The summed E-state index contributed by atoms with van der Waals surface area (Å²) in [7, 11) is -2.47. The molecule has 2 aliphatic carbocycles. The van der Waals surface area contributed by atoms with Crippen LogP contribution >= 0.6 is 23.2 Å². The number of fused-ring (bicyclic) bond motifs is 5. The van der Waals surface area contributed by atoms with Crippen LogP contribution in [0.2, 0.25) is 10.2 Å². The van der Waals surface area contributed by atoms with Crippen molar-refractivity contribution >= 4 is 66.9 Å². The highest BCUT2D eigenvalue weighted by atomic mass is 35.5. The molecular weight excluding hydrogens is 815 g/mol. The Morgan fingerprint density at radius 1 is 1.05 bits per heavy atom. The molecule has 56 heavy (non-hydrogen) atoms. The topological polar surface area (TPSA) is 159 Å². The second-order valence-electron chi connectivity index (χ2n) is 13.5. The molecule has 0 saturated heterocycles. The molecule has 4 aromatic heterocycles. The van der Waals surface area contributed by atoms with E-state index in [-0.39, 0.29) is 67.0 Å². The second-order valence-corrected chi connectivity index (χ2v) is 16.1. The maximum absolute atomic E-state index is 15.4. The Morgan fingerprint density at radius 3 is 2.45 bits per heavy atom. The van der Waals surface area contributed by atoms with E-state index in [0.29, 0.717) is 10.7 Å². The van der Waals surface area contributed by atoms with Crippen molar-refractivity contribution in [1.29, 1.82) is 0 Å². The van der Waals surface area contributed by atoms with E-state index in [0.717, 1.165) is 23.0 Å². The average molecular weight is 841 g/mol. The fourth-order valence-electron chi connectivity index (χ4n) is 7.44. The highest BCUT2D eigenvalue weighted by Gasteiger charge is 2.67. The summed E-state index contributed by atoms with van der Waals surface area (Å²) >= 11 is 12.7. The van der Waals surface area contributed by atoms with Crippen LogP contribution in [0.15, 0.2) is 47.3 Å². The predicted octanol–water partition coefficient (Wildman–Crippen LogP) is 6.07. The van der Waals surface area contributed by atoms with E-state index in [1.807, 2.05) is 0 Å². The summed E-state index contributed by atoms with van der Waals surface area (Å²) < 4.78 is 117. The van der Waals surface area contributed by atoms with Crippen molar-refractivity contribution in [2.24, 2.45) is 13.0 Å². The molecule has 13 nitrogen and oxygen atoms in total. The third-order valence-corrected chi connectivity index (χ3v) is 10.7. The largest absolute Gasteiger partial charge is 0.344 e. The van der Waals surface area contributed by atoms with Crippen LogP contribution in [-0.2, 0) is 40.8 Å². The number of nitrogens with zero attached hydrogens (tertiary/aromatic N) is 7. The first-order valence-electron chi connectivity index (χ1n) is 16.6. The van der Waals surface area contributed by atoms with Gasteiger partial charge in [0, 0.05) is 31.0 Å². The van der Waals surface area contributed by atoms with Crippen LogP contribution in [0.5, 0.6) is 0 Å². The van der Waals surface area contributed by atoms with Crippen molar-refractivity contribution in [3.63, 3.8) is 0 Å². The molecule has 292 valence electrons. The Balaban J connectivity index is 1.32. The molecule has 0 bridgehead atoms. The van der Waals surface area contributed by atoms with Gasteiger partial charge in [-0.25, -0.2) is 35.9 Å². The molecule has 0 spiro atoms. The van der Waals surface area contributed by atoms with Crippen LogP contribution in [-0.4, -0.2) is 54.7 Å². The molecule has 0 aliphatic heterocycles. The molecule has 4 heterocycles. The minimum Gasteiger partial charge on any atom is -0.344 e. The van der Waals surface area contributed by atoms with Gasteiger partial charge in [0.05, 0.1) is 39.3 Å². The van der Waals surface area contributed by atoms with Gasteiger partial charge in [-0.3, -0.25) is 28.2 Å². The SMILES string of the molecule is Cn1nc(NS(C)(=O)=O)c2c(Cl)ccc(-n3c(C(Cc4cc(F)cc(F)c4)NC(=O)Cn4nc(C(F)F)c5c4C(F)(F)[C@@H]4C[C@H]54)nc4nc(Cl)ccc4c3=O)c21. The number of benzene rings is 2. The highest BCUT2D eigenvalue weighted by molar-refractivity contribution is 7.92. The number of carbonyl (C=O) groups is 1. The van der Waals surface area contributed by atoms with Gasteiger partial charge in [0.1, 0.15) is 40.5 Å². The Kier molecular flexibility index (Phi) is 8.88. The summed E-state index contributed by atoms with van der Waals surface area (Å²) in [5.74, 6) is -9.16. The van der Waals surface area contributed by atoms with Gasteiger partial charge in [-0.2, -0.15) is 19.0 Å². The lowest BCUT2D eigenvalue weighted by molar-refractivity contribution is -0.123. The molecule has 2 aliphatic rings. The van der Waals surface area contributed by atoms with Gasteiger partial charge in [0.2, 0.25) is 15.9 Å². The van der Waals surface area contributed by atoms with Gasteiger partial charge >= 0.3 is 0 Å². The van der Waals surface area contributed by atoms with Crippen LogP contribution < -0.4 is 15.6 Å². The standard InChI is InChI=1S/C34H25Cl2F6N9O4S/c1-49-27-21(5-4-19(35)25(27)31(47-49)48-56(2,54)55)51-32(45-30-16(33(51)53)3-6-22(36)44-30)20(9-13-7-14(37)10-15(38)8-13)43-23(52)12-50-28-24(26(46-50)29(39)40)17-11-18(17)34(28,41)42/h3-8,10,17-18,20,29H,9,11-12H2,1-2H3,(H,43,52)(H,47,48)/t17-,18+,20?/m0/s1. The molecule has 2 N–H and O–H groups in total. The number of pyridine rings is 1. The molecule has 1 amide bonds. The van der Waals surface area contributed by atoms with Gasteiger partial charge in [-0.1, -0.05) is 23.2 Å². The summed E-state index contributed by atoms with van der Waals surface area (Å²) in [6.07, 6.45) is -2.81. The zero-order valence-electron chi connectivity index (χ0n) is 28.7. The van der Waals surface area contributed by atoms with Crippen molar-refractivity contribution in [2.45, 2.75) is 43.7 Å². The van der Waals surface area contributed by atoms with Crippen molar-refractivity contribution < 1.29 is 39.6 Å². The van der Waals surface area contributed by atoms with Crippen LogP contribution in [0, 0.1) is 17.6 Å². The maximum atomic E-state index is 15.4. The van der Waals surface area contributed by atoms with Gasteiger partial charge in [-0.15, -0.1) is 0 Å². The molecule has 1 fully saturated rings. The Bertz CT molecular complexity index is 2810. The monoisotopic (exact) mass is 839 g/mol. The van der Waals surface area contributed by atoms with Crippen LogP contribution in [0.3, 0.4) is 0 Å². The van der Waals surface area contributed by atoms with E-state index in [2.05, 4.69) is 30.2 Å². The lowest BCUT2D eigenvalue weighted by Gasteiger charge is -2.24. The third kappa shape index (κ3) is 6.42. The number of alkyl halides is 4. The van der Waals surface area contributed by atoms with Crippen molar-refractivity contribution in [2.75, 3.05) is 11.0 Å². The van der Waals surface area contributed by atoms with E-state index < -0.39 is 87.7 Å². The summed E-state index contributed by atoms with van der Waals surface area (Å²) in [6, 6.07) is 6.33. The van der Waals surface area contributed by atoms with E-state index in [9.17, 15) is 35.6 Å². The molecule has 22 heteroatoms. The van der Waals surface area contributed by atoms with E-state index in [1.54, 1.807) is 0 Å². The van der Waals surface area contributed by atoms with E-state index in [1.165, 1.54) is 36.0 Å². The summed E-state index contributed by atoms with van der Waals surface area (Å²) in [6.45, 7) is -0.993. The lowest BCUT2D eigenvalue weighted by Crippen LogP contribution is -2.38. The number of halogens is 8. The smallest absolute Gasteiger partial charge is 0.293 e. The molecule has 1 saturated carbocycles. The van der Waals surface area contributed by atoms with Crippen molar-refractivity contribution in [3.05, 3.63) is 103 Å². The molecule has 3 atom stereocenters. The average Bonchev–Trinajstić information content (AvgIpc) is 3.63.